The summed E-state index contributed by atoms with van der Waals surface area (Å²) in [5.41, 5.74) is 2.47. The largest absolute Gasteiger partial charge is 0.342 e. The van der Waals surface area contributed by atoms with E-state index in [1.807, 2.05) is 23.1 Å². The third kappa shape index (κ3) is 4.90. The number of thioether (sulfide) groups is 1. The minimum atomic E-state index is 0.277. The van der Waals surface area contributed by atoms with E-state index in [1.165, 1.54) is 10.3 Å². The highest BCUT2D eigenvalue weighted by Gasteiger charge is 2.22. The van der Waals surface area contributed by atoms with Crippen molar-refractivity contribution < 1.29 is 4.79 Å². The summed E-state index contributed by atoms with van der Waals surface area (Å²) >= 11 is 3.41. The minimum Gasteiger partial charge on any atom is -0.342 e. The number of nitrogens with zero attached hydrogens (tertiary/aromatic N) is 2. The number of hydrogen-bond acceptors (Lipinski definition) is 4. The predicted molar refractivity (Wildman–Crippen MR) is 115 cm³/mol. The number of aromatic nitrogens is 1. The van der Waals surface area contributed by atoms with E-state index in [1.54, 1.807) is 23.1 Å². The van der Waals surface area contributed by atoms with Gasteiger partial charge in [-0.15, -0.1) is 23.1 Å². The normalized spacial score (nSPS) is 15.3. The van der Waals surface area contributed by atoms with Crippen molar-refractivity contribution in [2.24, 2.45) is 5.92 Å². The van der Waals surface area contributed by atoms with Gasteiger partial charge in [0.15, 0.2) is 0 Å². The maximum Gasteiger partial charge on any atom is 0.232 e. The van der Waals surface area contributed by atoms with E-state index in [0.717, 1.165) is 48.6 Å². The van der Waals surface area contributed by atoms with Crippen LogP contribution in [0.5, 0.6) is 0 Å². The molecule has 3 nitrogen and oxygen atoms in total. The quantitative estimate of drug-likeness (QED) is 0.587. The summed E-state index contributed by atoms with van der Waals surface area (Å²) in [6.07, 6.45) is 3.36. The summed E-state index contributed by atoms with van der Waals surface area (Å²) in [7, 11) is 0. The average Bonchev–Trinajstić information content (AvgIpc) is 3.12. The van der Waals surface area contributed by atoms with Crippen LogP contribution in [0.15, 0.2) is 54.6 Å². The van der Waals surface area contributed by atoms with Crippen molar-refractivity contribution in [1.29, 1.82) is 0 Å². The Labute approximate surface area is 168 Å². The van der Waals surface area contributed by atoms with E-state index in [9.17, 15) is 4.79 Å². The van der Waals surface area contributed by atoms with Crippen LogP contribution in [0.4, 0.5) is 0 Å². The van der Waals surface area contributed by atoms with Gasteiger partial charge < -0.3 is 4.90 Å². The number of carbonyl (C=O) groups is 1. The highest BCUT2D eigenvalue weighted by molar-refractivity contribution is 7.99. The molecule has 1 saturated heterocycles. The zero-order valence-corrected chi connectivity index (χ0v) is 17.0. The fourth-order valence-corrected chi connectivity index (χ4v) is 5.58. The molecule has 0 spiro atoms. The Bertz CT molecular complexity index is 852. The van der Waals surface area contributed by atoms with Crippen LogP contribution < -0.4 is 0 Å². The standard InChI is InChI=1S/C22H24N2OS2/c25-22(16-26-15-21-23-19-8-4-5-9-20(19)27-21)24-12-10-18(11-13-24)14-17-6-2-1-3-7-17/h1-9,18H,10-16H2. The zero-order chi connectivity index (χ0) is 18.5. The smallest absolute Gasteiger partial charge is 0.232 e. The molecular weight excluding hydrogens is 372 g/mol. The summed E-state index contributed by atoms with van der Waals surface area (Å²) in [4.78, 5) is 19.2. The van der Waals surface area contributed by atoms with Gasteiger partial charge in [0.25, 0.3) is 0 Å². The summed E-state index contributed by atoms with van der Waals surface area (Å²) in [6.45, 7) is 1.80. The number of para-hydroxylation sites is 1. The van der Waals surface area contributed by atoms with Crippen molar-refractivity contribution in [2.45, 2.75) is 25.0 Å². The van der Waals surface area contributed by atoms with Crippen LogP contribution in [-0.2, 0) is 17.0 Å². The maximum atomic E-state index is 12.5. The molecule has 0 N–H and O–H groups in total. The Morgan fingerprint density at radius 1 is 1.07 bits per heavy atom. The number of thiazole rings is 1. The van der Waals surface area contributed by atoms with Crippen molar-refractivity contribution in [3.8, 4) is 0 Å². The van der Waals surface area contributed by atoms with Gasteiger partial charge in [-0.3, -0.25) is 4.79 Å². The molecule has 0 aliphatic carbocycles. The van der Waals surface area contributed by atoms with Gasteiger partial charge in [0, 0.05) is 18.8 Å². The first-order valence-corrected chi connectivity index (χ1v) is 11.5. The van der Waals surface area contributed by atoms with Gasteiger partial charge in [-0.05, 0) is 42.9 Å². The molecule has 1 aliphatic rings. The van der Waals surface area contributed by atoms with E-state index in [2.05, 4.69) is 41.4 Å². The molecule has 3 aromatic rings. The summed E-state index contributed by atoms with van der Waals surface area (Å²) < 4.78 is 1.22. The highest BCUT2D eigenvalue weighted by atomic mass is 32.2. The van der Waals surface area contributed by atoms with Crippen LogP contribution in [0.3, 0.4) is 0 Å². The second-order valence-electron chi connectivity index (χ2n) is 7.08. The molecule has 0 atom stereocenters. The van der Waals surface area contributed by atoms with Crippen LogP contribution in [0, 0.1) is 5.92 Å². The van der Waals surface area contributed by atoms with Gasteiger partial charge in [-0.2, -0.15) is 0 Å². The van der Waals surface area contributed by atoms with Gasteiger partial charge in [0.05, 0.1) is 16.0 Å². The van der Waals surface area contributed by atoms with Crippen LogP contribution >= 0.6 is 23.1 Å². The number of carbonyl (C=O) groups excluding carboxylic acids is 1. The third-order valence-electron chi connectivity index (χ3n) is 5.12. The SMILES string of the molecule is O=C(CSCc1nc2ccccc2s1)N1CCC(Cc2ccccc2)CC1. The number of rotatable bonds is 6. The Hall–Kier alpha value is -1.85. The lowest BCUT2D eigenvalue weighted by atomic mass is 9.90. The van der Waals surface area contributed by atoms with Gasteiger partial charge in [0.2, 0.25) is 5.91 Å². The van der Waals surface area contributed by atoms with Crippen molar-refractivity contribution in [3.63, 3.8) is 0 Å². The molecule has 4 rings (SSSR count). The number of piperidine rings is 1. The highest BCUT2D eigenvalue weighted by Crippen LogP contribution is 2.26. The van der Waals surface area contributed by atoms with Crippen LogP contribution in [0.2, 0.25) is 0 Å². The Balaban J connectivity index is 1.20. The number of amides is 1. The van der Waals surface area contributed by atoms with E-state index < -0.39 is 0 Å². The van der Waals surface area contributed by atoms with E-state index >= 15 is 0 Å². The minimum absolute atomic E-state index is 0.277. The molecule has 2 aromatic carbocycles. The maximum absolute atomic E-state index is 12.5. The van der Waals surface area contributed by atoms with Crippen LogP contribution in [-0.4, -0.2) is 34.6 Å². The first-order chi connectivity index (χ1) is 13.3. The van der Waals surface area contributed by atoms with Crippen molar-refractivity contribution in [1.82, 2.24) is 9.88 Å². The summed E-state index contributed by atoms with van der Waals surface area (Å²) in [6, 6.07) is 18.9. The lowest BCUT2D eigenvalue weighted by Crippen LogP contribution is -2.39. The van der Waals surface area contributed by atoms with E-state index in [4.69, 9.17) is 0 Å². The van der Waals surface area contributed by atoms with Gasteiger partial charge >= 0.3 is 0 Å². The second kappa shape index (κ2) is 8.89. The fourth-order valence-electron chi connectivity index (χ4n) is 3.63. The molecule has 0 unspecified atom stereocenters. The summed E-state index contributed by atoms with van der Waals surface area (Å²) in [5, 5.41) is 1.11. The Kier molecular flexibility index (Phi) is 6.10. The molecule has 1 aromatic heterocycles. The third-order valence-corrected chi connectivity index (χ3v) is 7.27. The second-order valence-corrected chi connectivity index (χ2v) is 9.18. The summed E-state index contributed by atoms with van der Waals surface area (Å²) in [5.74, 6) is 2.35. The molecule has 5 heteroatoms. The molecular formula is C22H24N2OS2. The molecule has 1 aliphatic heterocycles. The molecule has 140 valence electrons. The monoisotopic (exact) mass is 396 g/mol. The van der Waals surface area contributed by atoms with Crippen LogP contribution in [0.1, 0.15) is 23.4 Å². The molecule has 1 amide bonds. The molecule has 1 fully saturated rings. The number of hydrogen-bond donors (Lipinski definition) is 0. The average molecular weight is 397 g/mol. The molecule has 27 heavy (non-hydrogen) atoms. The number of likely N-dealkylation sites (tertiary alicyclic amines) is 1. The van der Waals surface area contributed by atoms with E-state index in [0.29, 0.717) is 11.7 Å². The van der Waals surface area contributed by atoms with Gasteiger partial charge in [0.1, 0.15) is 5.01 Å². The molecule has 0 saturated carbocycles. The fraction of sp³-hybridized carbons (Fsp3) is 0.364. The van der Waals surface area contributed by atoms with Crippen molar-refractivity contribution in [3.05, 3.63) is 65.2 Å². The molecule has 0 bridgehead atoms. The molecule has 2 heterocycles. The lowest BCUT2D eigenvalue weighted by Gasteiger charge is -2.32. The van der Waals surface area contributed by atoms with Crippen LogP contribution in [0.25, 0.3) is 10.2 Å². The Morgan fingerprint density at radius 2 is 1.81 bits per heavy atom. The zero-order valence-electron chi connectivity index (χ0n) is 15.3. The van der Waals surface area contributed by atoms with Gasteiger partial charge in [-0.25, -0.2) is 4.98 Å². The Morgan fingerprint density at radius 3 is 2.59 bits per heavy atom. The number of benzene rings is 2. The number of fused-ring (bicyclic) bond motifs is 1. The van der Waals surface area contributed by atoms with Crippen molar-refractivity contribution in [2.75, 3.05) is 18.8 Å². The van der Waals surface area contributed by atoms with Crippen molar-refractivity contribution >= 4 is 39.2 Å². The molecule has 0 radical (unpaired) electrons. The lowest BCUT2D eigenvalue weighted by molar-refractivity contribution is -0.129. The predicted octanol–water partition coefficient (Wildman–Crippen LogP) is 5.01. The van der Waals surface area contributed by atoms with E-state index in [-0.39, 0.29) is 5.91 Å². The topological polar surface area (TPSA) is 33.2 Å². The first kappa shape index (κ1) is 18.5. The first-order valence-electron chi connectivity index (χ1n) is 9.52. The van der Waals surface area contributed by atoms with Gasteiger partial charge in [-0.1, -0.05) is 42.5 Å².